The summed E-state index contributed by atoms with van der Waals surface area (Å²) in [5.74, 6) is 0.726. The van der Waals surface area contributed by atoms with Crippen molar-refractivity contribution in [3.8, 4) is 11.3 Å². The first-order valence-corrected chi connectivity index (χ1v) is 10.8. The number of hydrogen-bond acceptors (Lipinski definition) is 6. The fourth-order valence-electron chi connectivity index (χ4n) is 4.21. The number of nitrogens with one attached hydrogen (secondary N) is 2. The summed E-state index contributed by atoms with van der Waals surface area (Å²) < 4.78 is 2.00. The lowest BCUT2D eigenvalue weighted by molar-refractivity contribution is 0.313. The van der Waals surface area contributed by atoms with E-state index >= 15 is 0 Å². The first kappa shape index (κ1) is 18.8. The summed E-state index contributed by atoms with van der Waals surface area (Å²) in [5.41, 5.74) is 5.91. The molecule has 0 saturated carbocycles. The van der Waals surface area contributed by atoms with E-state index in [1.807, 2.05) is 23.0 Å². The van der Waals surface area contributed by atoms with E-state index in [-0.39, 0.29) is 0 Å². The first-order chi connectivity index (χ1) is 15.7. The van der Waals surface area contributed by atoms with Gasteiger partial charge in [0.05, 0.1) is 17.4 Å². The van der Waals surface area contributed by atoms with E-state index < -0.39 is 0 Å². The predicted octanol–water partition coefficient (Wildman–Crippen LogP) is 3.77. The molecule has 8 heteroatoms. The lowest BCUT2D eigenvalue weighted by Gasteiger charge is -2.34. The Morgan fingerprint density at radius 1 is 1.00 bits per heavy atom. The first-order valence-electron chi connectivity index (χ1n) is 10.8. The number of likely N-dealkylation sites (N-methyl/N-ethyl adjacent to an activating group) is 1. The van der Waals surface area contributed by atoms with Crippen LogP contribution in [0.25, 0.3) is 27.8 Å². The van der Waals surface area contributed by atoms with Crippen molar-refractivity contribution in [1.29, 1.82) is 0 Å². The molecule has 6 rings (SSSR count). The van der Waals surface area contributed by atoms with Gasteiger partial charge in [0.1, 0.15) is 0 Å². The zero-order valence-corrected chi connectivity index (χ0v) is 17.9. The lowest BCUT2D eigenvalue weighted by atomic mass is 10.1. The fraction of sp³-hybridized carbons (Fsp3) is 0.208. The van der Waals surface area contributed by atoms with E-state index in [1.54, 1.807) is 6.20 Å². The van der Waals surface area contributed by atoms with Crippen LogP contribution in [0.3, 0.4) is 0 Å². The summed E-state index contributed by atoms with van der Waals surface area (Å²) in [7, 11) is 2.18. The molecule has 0 aliphatic carbocycles. The Hall–Kier alpha value is -3.91. The zero-order chi connectivity index (χ0) is 21.5. The van der Waals surface area contributed by atoms with Crippen molar-refractivity contribution in [1.82, 2.24) is 29.5 Å². The number of H-pyrrole nitrogens is 1. The van der Waals surface area contributed by atoms with E-state index in [9.17, 15) is 0 Å². The predicted molar refractivity (Wildman–Crippen MR) is 128 cm³/mol. The lowest BCUT2D eigenvalue weighted by Crippen LogP contribution is -2.44. The monoisotopic (exact) mass is 424 g/mol. The highest BCUT2D eigenvalue weighted by Crippen LogP contribution is 2.27. The molecule has 1 fully saturated rings. The molecule has 0 spiro atoms. The van der Waals surface area contributed by atoms with Crippen LogP contribution in [-0.4, -0.2) is 62.7 Å². The smallest absolute Gasteiger partial charge is 0.180 e. The van der Waals surface area contributed by atoms with Gasteiger partial charge in [-0.15, -0.1) is 0 Å². The van der Waals surface area contributed by atoms with Crippen molar-refractivity contribution in [2.75, 3.05) is 43.4 Å². The number of fused-ring (bicyclic) bond motifs is 2. The van der Waals surface area contributed by atoms with Crippen LogP contribution in [0.5, 0.6) is 0 Å². The minimum Gasteiger partial charge on any atom is -0.369 e. The largest absolute Gasteiger partial charge is 0.369 e. The van der Waals surface area contributed by atoms with Crippen LogP contribution in [0.1, 0.15) is 0 Å². The van der Waals surface area contributed by atoms with Crippen molar-refractivity contribution in [2.45, 2.75) is 0 Å². The Morgan fingerprint density at radius 3 is 2.69 bits per heavy atom. The van der Waals surface area contributed by atoms with Gasteiger partial charge in [-0.1, -0.05) is 12.1 Å². The summed E-state index contributed by atoms with van der Waals surface area (Å²) in [5, 5.41) is 11.7. The van der Waals surface area contributed by atoms with Crippen molar-refractivity contribution in [2.24, 2.45) is 0 Å². The average Bonchev–Trinajstić information content (AvgIpc) is 3.49. The molecule has 0 amide bonds. The van der Waals surface area contributed by atoms with E-state index in [0.717, 1.165) is 65.5 Å². The van der Waals surface area contributed by atoms with Crippen molar-refractivity contribution >= 4 is 33.7 Å². The molecule has 8 nitrogen and oxygen atoms in total. The molecular weight excluding hydrogens is 400 g/mol. The normalized spacial score (nSPS) is 15.0. The molecule has 1 aliphatic rings. The summed E-state index contributed by atoms with van der Waals surface area (Å²) in [4.78, 5) is 14.2. The number of imidazole rings is 1. The van der Waals surface area contributed by atoms with Crippen LogP contribution >= 0.6 is 0 Å². The minimum absolute atomic E-state index is 0.726. The van der Waals surface area contributed by atoms with E-state index in [0.29, 0.717) is 0 Å². The van der Waals surface area contributed by atoms with Crippen molar-refractivity contribution in [3.63, 3.8) is 0 Å². The standard InChI is InChI=1S/C24H24N8/c1-30-10-12-31(13-11-30)20-6-4-19(5-7-20)27-23-24-25-8-9-32(24)16-22(28-23)17-2-3-18-15-26-29-21(18)14-17/h2-9,14-16H,10-13H2,1H3,(H,26,29)(H,27,28). The van der Waals surface area contributed by atoms with Gasteiger partial charge in [0.2, 0.25) is 0 Å². The van der Waals surface area contributed by atoms with Crippen LogP contribution in [0.2, 0.25) is 0 Å². The molecule has 4 heterocycles. The second-order valence-electron chi connectivity index (χ2n) is 8.27. The summed E-state index contributed by atoms with van der Waals surface area (Å²) in [6.07, 6.45) is 7.56. The highest BCUT2D eigenvalue weighted by Gasteiger charge is 2.15. The quantitative estimate of drug-likeness (QED) is 0.457. The molecule has 0 atom stereocenters. The van der Waals surface area contributed by atoms with Gasteiger partial charge in [0, 0.05) is 67.1 Å². The Labute approximate surface area is 185 Å². The molecule has 1 aliphatic heterocycles. The van der Waals surface area contributed by atoms with Gasteiger partial charge in [0.15, 0.2) is 11.5 Å². The third-order valence-electron chi connectivity index (χ3n) is 6.11. The molecule has 3 aromatic heterocycles. The molecule has 0 radical (unpaired) electrons. The van der Waals surface area contributed by atoms with Gasteiger partial charge in [-0.05, 0) is 37.4 Å². The summed E-state index contributed by atoms with van der Waals surface area (Å²) in [6.45, 7) is 4.31. The topological polar surface area (TPSA) is 77.4 Å². The maximum absolute atomic E-state index is 4.91. The maximum Gasteiger partial charge on any atom is 0.180 e. The van der Waals surface area contributed by atoms with Crippen LogP contribution in [-0.2, 0) is 0 Å². The van der Waals surface area contributed by atoms with E-state index in [1.165, 1.54) is 5.69 Å². The molecule has 160 valence electrons. The van der Waals surface area contributed by atoms with Gasteiger partial charge in [0.25, 0.3) is 0 Å². The molecule has 2 N–H and O–H groups in total. The average molecular weight is 425 g/mol. The zero-order valence-electron chi connectivity index (χ0n) is 17.9. The Bertz CT molecular complexity index is 1380. The SMILES string of the molecule is CN1CCN(c2ccc(Nc3nc(-c4ccc5cn[nH]c5c4)cn4ccnc34)cc2)CC1. The molecule has 32 heavy (non-hydrogen) atoms. The second-order valence-corrected chi connectivity index (χ2v) is 8.27. The third-order valence-corrected chi connectivity index (χ3v) is 6.11. The molecule has 5 aromatic rings. The molecular formula is C24H24N8. The number of benzene rings is 2. The number of piperazine rings is 1. The van der Waals surface area contributed by atoms with Crippen LogP contribution in [0.4, 0.5) is 17.2 Å². The van der Waals surface area contributed by atoms with Gasteiger partial charge in [-0.3, -0.25) is 5.10 Å². The van der Waals surface area contributed by atoms with Crippen LogP contribution < -0.4 is 10.2 Å². The van der Waals surface area contributed by atoms with Gasteiger partial charge in [-0.2, -0.15) is 5.10 Å². The number of hydrogen-bond donors (Lipinski definition) is 2. The van der Waals surface area contributed by atoms with Gasteiger partial charge >= 0.3 is 0 Å². The Balaban J connectivity index is 1.31. The summed E-state index contributed by atoms with van der Waals surface area (Å²) in [6, 6.07) is 14.8. The third kappa shape index (κ3) is 3.44. The minimum atomic E-state index is 0.726. The Kier molecular flexibility index (Phi) is 4.50. The fourth-order valence-corrected chi connectivity index (χ4v) is 4.21. The molecule has 1 saturated heterocycles. The number of rotatable bonds is 4. The van der Waals surface area contributed by atoms with Crippen molar-refractivity contribution < 1.29 is 0 Å². The molecule has 0 unspecified atom stereocenters. The van der Waals surface area contributed by atoms with Gasteiger partial charge < -0.3 is 19.5 Å². The van der Waals surface area contributed by atoms with E-state index in [2.05, 4.69) is 79.8 Å². The number of anilines is 3. The van der Waals surface area contributed by atoms with Gasteiger partial charge in [-0.25, -0.2) is 9.97 Å². The summed E-state index contributed by atoms with van der Waals surface area (Å²) >= 11 is 0. The highest BCUT2D eigenvalue weighted by atomic mass is 15.2. The van der Waals surface area contributed by atoms with E-state index in [4.69, 9.17) is 4.98 Å². The number of aromatic amines is 1. The van der Waals surface area contributed by atoms with Crippen LogP contribution in [0, 0.1) is 0 Å². The Morgan fingerprint density at radius 2 is 1.84 bits per heavy atom. The van der Waals surface area contributed by atoms with Crippen molar-refractivity contribution in [3.05, 3.63) is 67.3 Å². The second kappa shape index (κ2) is 7.65. The molecule has 2 aromatic carbocycles. The molecule has 0 bridgehead atoms. The number of nitrogens with zero attached hydrogens (tertiary/aromatic N) is 6. The van der Waals surface area contributed by atoms with Crippen LogP contribution in [0.15, 0.2) is 67.3 Å². The maximum atomic E-state index is 4.91. The highest BCUT2D eigenvalue weighted by molar-refractivity contribution is 5.84. The number of aromatic nitrogens is 5.